The zero-order chi connectivity index (χ0) is 54.9. The van der Waals surface area contributed by atoms with Crippen LogP contribution in [0.1, 0.15) is 36.0 Å². The van der Waals surface area contributed by atoms with Crippen molar-refractivity contribution in [3.05, 3.63) is 252 Å². The first-order valence-electron chi connectivity index (χ1n) is 27.7. The van der Waals surface area contributed by atoms with E-state index in [1.807, 2.05) is 53.1 Å². The summed E-state index contributed by atoms with van der Waals surface area (Å²) in [6.45, 7) is 4.39. The molecule has 5 heterocycles. The van der Waals surface area contributed by atoms with Crippen molar-refractivity contribution in [1.29, 1.82) is 0 Å². The average Bonchev–Trinajstić information content (AvgIpc) is 2.98. The van der Waals surface area contributed by atoms with Gasteiger partial charge in [-0.05, 0) is 24.0 Å². The number of benzene rings is 10. The van der Waals surface area contributed by atoms with Gasteiger partial charge in [-0.3, -0.25) is 0 Å². The molecule has 78 heavy (non-hydrogen) atoms. The number of rotatable bonds is 8. The van der Waals surface area contributed by atoms with Crippen molar-refractivity contribution < 1.29 is 28.2 Å². The molecular formula is C71H49N5OPt-2. The number of hydrogen-bond acceptors (Lipinski definition) is 2. The topological polar surface area (TPSA) is 41.3 Å². The normalized spacial score (nSPS) is 12.9. The molecule has 15 rings (SSSR count). The first kappa shape index (κ1) is 43.1. The second kappa shape index (κ2) is 17.7. The fraction of sp³-hybridized carbons (Fsp3) is 0.0704. The molecule has 0 fully saturated rings. The van der Waals surface area contributed by atoms with Crippen molar-refractivity contribution in [2.45, 2.75) is 33.0 Å². The van der Waals surface area contributed by atoms with Crippen LogP contribution in [0, 0.1) is 22.8 Å². The molecule has 10 aromatic carbocycles. The Balaban J connectivity index is 0.912. The molecule has 0 aliphatic carbocycles. The molecule has 5 aromatic heterocycles. The first-order chi connectivity index (χ1) is 39.4. The summed E-state index contributed by atoms with van der Waals surface area (Å²) < 4.78 is 43.4. The third-order valence-electron chi connectivity index (χ3n) is 15.5. The maximum absolute atomic E-state index is 8.83. The summed E-state index contributed by atoms with van der Waals surface area (Å²) in [5.41, 5.74) is 16.1. The van der Waals surface area contributed by atoms with Gasteiger partial charge < -0.3 is 4.40 Å². The fourth-order valence-electron chi connectivity index (χ4n) is 11.8. The second-order valence-corrected chi connectivity index (χ2v) is 22.1. The molecule has 0 atom stereocenters. The van der Waals surface area contributed by atoms with Crippen LogP contribution in [0.25, 0.3) is 122 Å². The van der Waals surface area contributed by atoms with E-state index in [-0.39, 0.29) is 11.0 Å². The van der Waals surface area contributed by atoms with Crippen LogP contribution >= 0.6 is 0 Å². The van der Waals surface area contributed by atoms with Gasteiger partial charge >= 0.3 is 320 Å². The minimum atomic E-state index is -2.44. The number of para-hydroxylation sites is 4. The average molecular weight is 1190 g/mol. The number of aryl methyl sites for hydroxylation is 1. The summed E-state index contributed by atoms with van der Waals surface area (Å²) in [4.78, 5) is 5.09. The Hall–Kier alpha value is -9.09. The van der Waals surface area contributed by atoms with Gasteiger partial charge in [0.25, 0.3) is 0 Å². The molecule has 0 amide bonds. The van der Waals surface area contributed by atoms with Crippen molar-refractivity contribution in [3.63, 3.8) is 0 Å². The van der Waals surface area contributed by atoms with Crippen LogP contribution in [0.4, 0.5) is 0 Å². The molecule has 376 valence electrons. The number of imidazole rings is 1. The molecule has 0 aliphatic heterocycles. The van der Waals surface area contributed by atoms with Crippen LogP contribution in [-0.2, 0) is 24.8 Å². The van der Waals surface area contributed by atoms with Gasteiger partial charge in [0.2, 0.25) is 0 Å². The van der Waals surface area contributed by atoms with E-state index in [4.69, 9.17) is 13.8 Å². The van der Waals surface area contributed by atoms with Gasteiger partial charge in [-0.15, -0.1) is 0 Å². The smallest absolute Gasteiger partial charge is 0.0622 e. The number of aromatic nitrogens is 5. The van der Waals surface area contributed by atoms with Gasteiger partial charge in [0.05, 0.1) is 16.6 Å². The zero-order valence-corrected chi connectivity index (χ0v) is 45.1. The predicted molar refractivity (Wildman–Crippen MR) is 317 cm³/mol. The molecule has 0 bridgehead atoms. The Morgan fingerprint density at radius 3 is 1.73 bits per heavy atom. The monoisotopic (exact) mass is 1190 g/mol. The van der Waals surface area contributed by atoms with Gasteiger partial charge in [0.1, 0.15) is 0 Å². The van der Waals surface area contributed by atoms with Gasteiger partial charge in [0, 0.05) is 37.4 Å². The molecule has 0 saturated carbocycles. The van der Waals surface area contributed by atoms with Crippen molar-refractivity contribution in [1.82, 2.24) is 23.1 Å². The van der Waals surface area contributed by atoms with Gasteiger partial charge in [-0.2, -0.15) is 0 Å². The first-order valence-corrected chi connectivity index (χ1v) is 27.3. The van der Waals surface area contributed by atoms with E-state index in [9.17, 15) is 0 Å². The van der Waals surface area contributed by atoms with E-state index >= 15 is 0 Å². The number of hydrogen-bond donors (Lipinski definition) is 0. The van der Waals surface area contributed by atoms with Crippen LogP contribution in [0.3, 0.4) is 0 Å². The summed E-state index contributed by atoms with van der Waals surface area (Å²) in [5, 5.41) is 6.59. The van der Waals surface area contributed by atoms with E-state index in [1.54, 1.807) is 12.3 Å². The Morgan fingerprint density at radius 2 is 1.05 bits per heavy atom. The Labute approximate surface area is 466 Å². The van der Waals surface area contributed by atoms with Crippen LogP contribution in [0.2, 0.25) is 0 Å². The van der Waals surface area contributed by atoms with E-state index in [0.29, 0.717) is 28.4 Å². The molecule has 0 unspecified atom stereocenters. The van der Waals surface area contributed by atoms with Crippen LogP contribution in [0.5, 0.6) is 11.5 Å². The van der Waals surface area contributed by atoms with E-state index in [2.05, 4.69) is 230 Å². The van der Waals surface area contributed by atoms with Crippen LogP contribution in [0.15, 0.2) is 225 Å². The van der Waals surface area contributed by atoms with E-state index in [1.165, 1.54) is 27.2 Å². The molecule has 0 aliphatic rings. The molecular weight excluding hydrogens is 1130 g/mol. The Kier molecular flexibility index (Phi) is 9.79. The minimum absolute atomic E-state index is 0.113. The number of pyridine rings is 1. The van der Waals surface area contributed by atoms with Crippen molar-refractivity contribution >= 4 is 70.9 Å². The summed E-state index contributed by atoms with van der Waals surface area (Å²) in [6.07, 6.45) is 1.69. The summed E-state index contributed by atoms with van der Waals surface area (Å²) in [6, 6.07) is 83.0. The predicted octanol–water partition coefficient (Wildman–Crippen LogP) is 18.1. The third-order valence-corrected chi connectivity index (χ3v) is 16.5. The van der Waals surface area contributed by atoms with E-state index < -0.39 is 6.85 Å². The summed E-state index contributed by atoms with van der Waals surface area (Å²) in [7, 11) is 0. The van der Waals surface area contributed by atoms with Gasteiger partial charge in [-0.25, -0.2) is 0 Å². The summed E-state index contributed by atoms with van der Waals surface area (Å²) in [5.74, 6) is 1.43. The quantitative estimate of drug-likeness (QED) is 0.142. The molecule has 0 N–H and O–H groups in total. The number of ether oxygens (including phenoxy) is 1. The number of fused-ring (bicyclic) bond motifs is 10. The SMILES string of the molecule is [2H]C([2H])([2H])c1cc(-n2c3[c-]c(Oc4[c-]c(-n5[c](=[Pt])n(-c6c(-c7ccccc7)cc(C(C)(C)C)cc6-c6ccccc6)c6ccccc65)ccc4)ccc3c3cc4c5cccc6c7ccccc7n(c4cc32)c65)ncc1-c1ccccc1. The fourth-order valence-corrected chi connectivity index (χ4v) is 12.9. The number of nitrogens with zero attached hydrogens (tertiary/aromatic N) is 5. The second-order valence-electron chi connectivity index (χ2n) is 21.1. The van der Waals surface area contributed by atoms with Gasteiger partial charge in [0.15, 0.2) is 0 Å². The molecule has 15 aromatic rings. The molecule has 7 heteroatoms. The van der Waals surface area contributed by atoms with Crippen molar-refractivity contribution in [2.75, 3.05) is 0 Å². The molecule has 0 saturated heterocycles. The Morgan fingerprint density at radius 1 is 0.474 bits per heavy atom. The van der Waals surface area contributed by atoms with Crippen molar-refractivity contribution in [2.24, 2.45) is 0 Å². The third kappa shape index (κ3) is 7.20. The molecule has 0 spiro atoms. The zero-order valence-electron chi connectivity index (χ0n) is 45.8. The van der Waals surface area contributed by atoms with Gasteiger partial charge in [-0.1, -0.05) is 66.7 Å². The minimum Gasteiger partial charge on any atom is -0.0622 e. The Bertz CT molecular complexity index is 5010. The van der Waals surface area contributed by atoms with Crippen LogP contribution in [-0.4, -0.2) is 23.1 Å². The van der Waals surface area contributed by atoms with E-state index in [0.717, 1.165) is 86.7 Å². The molecule has 0 radical (unpaired) electrons. The van der Waals surface area contributed by atoms with Crippen molar-refractivity contribution in [3.8, 4) is 62.1 Å². The standard InChI is InChI=1S/C71H49N5O.Pt/c1-45-36-68(72-43-61(45)48-24-12-7-13-25-48)75-65-40-52(34-35-54(65)59-41-60-56-30-19-29-55-53-28-14-15-31-62(53)76(70(55)56)67(60)42-66(59)75)77-51-27-18-26-50(39-51)73-44-74(64-33-17-16-32-63(64)73)69-57(46-20-8-5-9-21-46)37-49(71(2,3)4)38-58(69)47-22-10-6-11-23-47;/h5-38,41-43H,1-4H3;/q-2;/i1D3;. The summed E-state index contributed by atoms with van der Waals surface area (Å²) >= 11 is 2.48. The van der Waals surface area contributed by atoms with Crippen LogP contribution < -0.4 is 4.74 Å². The maximum atomic E-state index is 8.83. The molecule has 6 nitrogen and oxygen atoms in total.